The minimum atomic E-state index is -0.992. The van der Waals surface area contributed by atoms with Gasteiger partial charge in [0.05, 0.1) is 17.5 Å². The second-order valence-electron chi connectivity index (χ2n) is 6.44. The Hall–Kier alpha value is -3.49. The summed E-state index contributed by atoms with van der Waals surface area (Å²) in [6.07, 6.45) is 3.49. The molecule has 2 aromatic heterocycles. The van der Waals surface area contributed by atoms with E-state index in [0.29, 0.717) is 29.9 Å². The molecule has 2 heterocycles. The lowest BCUT2D eigenvalue weighted by atomic mass is 10.2. The Morgan fingerprint density at radius 1 is 1.11 bits per heavy atom. The van der Waals surface area contributed by atoms with E-state index in [1.807, 2.05) is 0 Å². The van der Waals surface area contributed by atoms with E-state index >= 15 is 0 Å². The molecule has 0 radical (unpaired) electrons. The maximum Gasteiger partial charge on any atom is 0.290 e. The van der Waals surface area contributed by atoms with Crippen molar-refractivity contribution in [3.05, 3.63) is 70.4 Å². The Kier molecular flexibility index (Phi) is 4.42. The number of amides is 2. The van der Waals surface area contributed by atoms with E-state index in [9.17, 15) is 18.4 Å². The van der Waals surface area contributed by atoms with Crippen LogP contribution in [0.1, 0.15) is 44.3 Å². The number of furan rings is 1. The number of carbonyl (C=O) groups excluding carboxylic acids is 2. The summed E-state index contributed by atoms with van der Waals surface area (Å²) in [5, 5.41) is 4.28. The minimum absolute atomic E-state index is 0.140. The zero-order valence-corrected chi connectivity index (χ0v) is 14.9. The summed E-state index contributed by atoms with van der Waals surface area (Å²) in [6, 6.07) is 4.94. The minimum Gasteiger partial charge on any atom is -0.469 e. The van der Waals surface area contributed by atoms with Crippen LogP contribution in [0.25, 0.3) is 5.69 Å². The zero-order chi connectivity index (χ0) is 19.8. The number of fused-ring (bicyclic) bond motifs is 1. The molecule has 1 aliphatic rings. The fourth-order valence-corrected chi connectivity index (χ4v) is 3.31. The van der Waals surface area contributed by atoms with Crippen molar-refractivity contribution in [2.45, 2.75) is 26.2 Å². The summed E-state index contributed by atoms with van der Waals surface area (Å²) >= 11 is 0. The van der Waals surface area contributed by atoms with Crippen LogP contribution in [0.2, 0.25) is 0 Å². The van der Waals surface area contributed by atoms with Crippen molar-refractivity contribution in [1.29, 1.82) is 0 Å². The van der Waals surface area contributed by atoms with Gasteiger partial charge in [0.15, 0.2) is 17.3 Å². The van der Waals surface area contributed by atoms with E-state index in [2.05, 4.69) is 16.0 Å². The molecule has 2 amide bonds. The third-order valence-corrected chi connectivity index (χ3v) is 4.69. The van der Waals surface area contributed by atoms with E-state index < -0.39 is 23.4 Å². The Bertz CT molecular complexity index is 1090. The number of hydrogen-bond donors (Lipinski definition) is 2. The molecular weight excluding hydrogens is 370 g/mol. The fraction of sp³-hybridized carbons (Fsp3) is 0.211. The fourth-order valence-electron chi connectivity index (χ4n) is 3.31. The first-order valence-corrected chi connectivity index (χ1v) is 8.66. The van der Waals surface area contributed by atoms with Gasteiger partial charge in [-0.05, 0) is 44.4 Å². The molecule has 28 heavy (non-hydrogen) atoms. The Morgan fingerprint density at radius 3 is 2.61 bits per heavy atom. The lowest BCUT2D eigenvalue weighted by molar-refractivity contribution is 0.0842. The molecule has 1 aliphatic carbocycles. The average molecular weight is 386 g/mol. The third kappa shape index (κ3) is 3.04. The molecule has 9 heteroatoms. The van der Waals surface area contributed by atoms with E-state index in [4.69, 9.17) is 4.42 Å². The Labute approximate surface area is 158 Å². The Morgan fingerprint density at radius 2 is 1.89 bits per heavy atom. The molecule has 2 N–H and O–H groups in total. The molecule has 0 unspecified atom stereocenters. The van der Waals surface area contributed by atoms with Gasteiger partial charge >= 0.3 is 0 Å². The van der Waals surface area contributed by atoms with Gasteiger partial charge in [-0.3, -0.25) is 20.4 Å². The molecule has 0 aliphatic heterocycles. The number of hydrazine groups is 1. The van der Waals surface area contributed by atoms with Gasteiger partial charge in [0.1, 0.15) is 5.76 Å². The maximum atomic E-state index is 13.6. The summed E-state index contributed by atoms with van der Waals surface area (Å²) in [5.41, 5.74) is 6.94. The lowest BCUT2D eigenvalue weighted by Gasteiger charge is -2.07. The summed E-state index contributed by atoms with van der Waals surface area (Å²) in [7, 11) is 0. The highest BCUT2D eigenvalue weighted by Crippen LogP contribution is 2.28. The van der Waals surface area contributed by atoms with Crippen molar-refractivity contribution in [1.82, 2.24) is 20.6 Å². The highest BCUT2D eigenvalue weighted by atomic mass is 19.2. The molecule has 4 rings (SSSR count). The zero-order valence-electron chi connectivity index (χ0n) is 14.9. The molecule has 144 valence electrons. The van der Waals surface area contributed by atoms with E-state index in [-0.39, 0.29) is 5.69 Å². The summed E-state index contributed by atoms with van der Waals surface area (Å²) in [5.74, 6) is -2.63. The first-order valence-electron chi connectivity index (χ1n) is 8.66. The first kappa shape index (κ1) is 17.9. The highest BCUT2D eigenvalue weighted by Gasteiger charge is 2.27. The second kappa shape index (κ2) is 6.91. The molecule has 0 spiro atoms. The van der Waals surface area contributed by atoms with Crippen LogP contribution in [0.5, 0.6) is 0 Å². The summed E-state index contributed by atoms with van der Waals surface area (Å²) in [4.78, 5) is 24.7. The standard InChI is InChI=1S/C19H16F2N4O3/c1-10-12(7-8-28-10)18(26)22-23-19(27)17-13-3-2-4-16(13)25(24-17)11-5-6-14(20)15(21)9-11/h5-9H,2-4H2,1H3,(H,22,26)(H,23,27). The van der Waals surface area contributed by atoms with Crippen LogP contribution in [-0.4, -0.2) is 21.6 Å². The van der Waals surface area contributed by atoms with Crippen LogP contribution in [-0.2, 0) is 12.8 Å². The number of nitrogens with zero attached hydrogens (tertiary/aromatic N) is 2. The van der Waals surface area contributed by atoms with E-state index in [1.54, 1.807) is 6.92 Å². The number of benzene rings is 1. The summed E-state index contributed by atoms with van der Waals surface area (Å²) in [6.45, 7) is 1.63. The molecule has 1 aromatic carbocycles. The average Bonchev–Trinajstić information content (AvgIpc) is 3.38. The van der Waals surface area contributed by atoms with Gasteiger partial charge in [-0.15, -0.1) is 0 Å². The SMILES string of the molecule is Cc1occc1C(=O)NNC(=O)c1nn(-c2ccc(F)c(F)c2)c2c1CCC2. The number of aromatic nitrogens is 2. The van der Waals surface area contributed by atoms with E-state index in [1.165, 1.54) is 23.1 Å². The quantitative estimate of drug-likeness (QED) is 0.678. The van der Waals surface area contributed by atoms with Crippen LogP contribution in [0, 0.1) is 18.6 Å². The number of nitrogens with one attached hydrogen (secondary N) is 2. The number of carbonyl (C=O) groups is 2. The highest BCUT2D eigenvalue weighted by molar-refractivity contribution is 5.99. The first-order chi connectivity index (χ1) is 13.5. The molecule has 7 nitrogen and oxygen atoms in total. The van der Waals surface area contributed by atoms with Crippen LogP contribution in [0.3, 0.4) is 0 Å². The van der Waals surface area contributed by atoms with Crippen molar-refractivity contribution < 1.29 is 22.8 Å². The largest absolute Gasteiger partial charge is 0.469 e. The topological polar surface area (TPSA) is 89.2 Å². The molecule has 0 saturated heterocycles. The van der Waals surface area contributed by atoms with Crippen molar-refractivity contribution >= 4 is 11.8 Å². The van der Waals surface area contributed by atoms with Gasteiger partial charge in [-0.1, -0.05) is 0 Å². The van der Waals surface area contributed by atoms with Gasteiger partial charge < -0.3 is 4.42 Å². The molecule has 0 fully saturated rings. The number of aryl methyl sites for hydroxylation is 1. The van der Waals surface area contributed by atoms with Crippen LogP contribution in [0.4, 0.5) is 8.78 Å². The van der Waals surface area contributed by atoms with Gasteiger partial charge in [-0.25, -0.2) is 13.5 Å². The van der Waals surface area contributed by atoms with E-state index in [0.717, 1.165) is 29.8 Å². The van der Waals surface area contributed by atoms with Crippen molar-refractivity contribution in [2.24, 2.45) is 0 Å². The smallest absolute Gasteiger partial charge is 0.290 e. The lowest BCUT2D eigenvalue weighted by Crippen LogP contribution is -2.42. The van der Waals surface area contributed by atoms with Gasteiger partial charge in [0.25, 0.3) is 11.8 Å². The van der Waals surface area contributed by atoms with Crippen molar-refractivity contribution in [2.75, 3.05) is 0 Å². The second-order valence-corrected chi connectivity index (χ2v) is 6.44. The Balaban J connectivity index is 1.58. The molecular formula is C19H16F2N4O3. The molecule has 0 atom stereocenters. The molecule has 0 saturated carbocycles. The third-order valence-electron chi connectivity index (χ3n) is 4.69. The van der Waals surface area contributed by atoms with Crippen molar-refractivity contribution in [3.63, 3.8) is 0 Å². The number of halogens is 2. The monoisotopic (exact) mass is 386 g/mol. The van der Waals surface area contributed by atoms with Gasteiger partial charge in [0, 0.05) is 17.3 Å². The molecule has 3 aromatic rings. The normalized spacial score (nSPS) is 12.7. The maximum absolute atomic E-state index is 13.6. The number of hydrogen-bond acceptors (Lipinski definition) is 4. The van der Waals surface area contributed by atoms with Crippen LogP contribution < -0.4 is 10.9 Å². The predicted molar refractivity (Wildman–Crippen MR) is 93.9 cm³/mol. The van der Waals surface area contributed by atoms with Crippen molar-refractivity contribution in [3.8, 4) is 5.69 Å². The molecule has 0 bridgehead atoms. The van der Waals surface area contributed by atoms with Crippen LogP contribution >= 0.6 is 0 Å². The van der Waals surface area contributed by atoms with Gasteiger partial charge in [0.2, 0.25) is 0 Å². The van der Waals surface area contributed by atoms with Crippen LogP contribution in [0.15, 0.2) is 34.9 Å². The number of rotatable bonds is 3. The van der Waals surface area contributed by atoms with Gasteiger partial charge in [-0.2, -0.15) is 5.10 Å². The summed E-state index contributed by atoms with van der Waals surface area (Å²) < 4.78 is 33.3. The predicted octanol–water partition coefficient (Wildman–Crippen LogP) is 2.62.